The molecular weight excluding hydrogens is 429 g/mol. The van der Waals surface area contributed by atoms with Crippen molar-refractivity contribution in [3.63, 3.8) is 0 Å². The van der Waals surface area contributed by atoms with Gasteiger partial charge in [0.25, 0.3) is 0 Å². The van der Waals surface area contributed by atoms with Crippen LogP contribution in [0.1, 0.15) is 104 Å². The van der Waals surface area contributed by atoms with E-state index in [1.165, 1.54) is 89.9 Å². The van der Waals surface area contributed by atoms with Gasteiger partial charge in [-0.1, -0.05) is 90.9 Å². The second-order valence-corrected chi connectivity index (χ2v) is 7.67. The Morgan fingerprint density at radius 3 is 1.59 bits per heavy atom. The summed E-state index contributed by atoms with van der Waals surface area (Å²) >= 11 is 0. The van der Waals surface area contributed by atoms with Crippen LogP contribution in [0.25, 0.3) is 0 Å². The van der Waals surface area contributed by atoms with E-state index in [1.807, 2.05) is 0 Å². The summed E-state index contributed by atoms with van der Waals surface area (Å²) in [6.07, 6.45) is 22.2. The van der Waals surface area contributed by atoms with Crippen LogP contribution >= 0.6 is 37.2 Å². The topological polar surface area (TPSA) is 31.2 Å². The van der Waals surface area contributed by atoms with E-state index in [0.29, 0.717) is 5.92 Å². The zero-order valence-electron chi connectivity index (χ0n) is 18.5. The molecule has 0 radical (unpaired) electrons. The molecule has 0 amide bonds. The van der Waals surface area contributed by atoms with Crippen molar-refractivity contribution in [3.8, 4) is 0 Å². The van der Waals surface area contributed by atoms with E-state index in [9.17, 15) is 4.79 Å². The van der Waals surface area contributed by atoms with E-state index >= 15 is 0 Å². The number of hydrogen-bond donors (Lipinski definition) is 0. The van der Waals surface area contributed by atoms with Crippen LogP contribution in [-0.2, 0) is 0 Å². The molecule has 0 saturated heterocycles. The fraction of sp³-hybridized carbons (Fsp3) is 0.783. The van der Waals surface area contributed by atoms with Crippen LogP contribution in [-0.4, -0.2) is 11.3 Å². The fourth-order valence-corrected chi connectivity index (χ4v) is 3.41. The van der Waals surface area contributed by atoms with E-state index in [1.54, 1.807) is 29.3 Å². The lowest BCUT2D eigenvalue weighted by Crippen LogP contribution is -2.21. The summed E-state index contributed by atoms with van der Waals surface area (Å²) in [7, 11) is 0. The van der Waals surface area contributed by atoms with Crippen LogP contribution < -0.4 is 10.3 Å². The standard InChI is InChI=1S/C23H41NO2.3ClH/c1-3-5-7-9-11-13-15-22(16-14-12-10-8-6-4-2)21-26-24-19-17-23(25)18-20-24;;;/h17-20,22H,3-16,21H2,1-2H3;3*1H. The minimum absolute atomic E-state index is 0. The highest BCUT2D eigenvalue weighted by Gasteiger charge is 2.10. The summed E-state index contributed by atoms with van der Waals surface area (Å²) < 4.78 is 1.68. The molecule has 0 bridgehead atoms. The lowest BCUT2D eigenvalue weighted by atomic mass is 9.95. The van der Waals surface area contributed by atoms with Crippen molar-refractivity contribution in [1.82, 2.24) is 4.73 Å². The minimum atomic E-state index is 0. The number of unbranched alkanes of at least 4 members (excludes halogenated alkanes) is 10. The van der Waals surface area contributed by atoms with Crippen LogP contribution in [0.15, 0.2) is 29.3 Å². The van der Waals surface area contributed by atoms with Crippen LogP contribution in [0.2, 0.25) is 0 Å². The molecule has 0 unspecified atom stereocenters. The third-order valence-corrected chi connectivity index (χ3v) is 5.16. The third-order valence-electron chi connectivity index (χ3n) is 5.16. The summed E-state index contributed by atoms with van der Waals surface area (Å²) in [5.41, 5.74) is 0.0283. The van der Waals surface area contributed by atoms with Gasteiger partial charge in [-0.25, -0.2) is 0 Å². The number of halogens is 3. The zero-order valence-corrected chi connectivity index (χ0v) is 20.9. The normalized spacial score (nSPS) is 10.0. The number of nitrogens with zero attached hydrogens (tertiary/aromatic N) is 1. The van der Waals surface area contributed by atoms with Gasteiger partial charge in [-0.3, -0.25) is 4.79 Å². The van der Waals surface area contributed by atoms with Crippen molar-refractivity contribution in [3.05, 3.63) is 34.7 Å². The van der Waals surface area contributed by atoms with Gasteiger partial charge < -0.3 is 4.84 Å². The van der Waals surface area contributed by atoms with Gasteiger partial charge >= 0.3 is 0 Å². The van der Waals surface area contributed by atoms with Gasteiger partial charge in [0.2, 0.25) is 0 Å². The molecule has 3 nitrogen and oxygen atoms in total. The number of hydrogen-bond acceptors (Lipinski definition) is 2. The second-order valence-electron chi connectivity index (χ2n) is 7.67. The van der Waals surface area contributed by atoms with Gasteiger partial charge in [0.05, 0.1) is 0 Å². The van der Waals surface area contributed by atoms with E-state index in [0.717, 1.165) is 6.61 Å². The number of rotatable bonds is 17. The largest absolute Gasteiger partial charge is 0.414 e. The number of pyridine rings is 1. The van der Waals surface area contributed by atoms with Crippen molar-refractivity contribution in [2.75, 3.05) is 6.61 Å². The molecule has 29 heavy (non-hydrogen) atoms. The maximum absolute atomic E-state index is 11.2. The average Bonchev–Trinajstić information content (AvgIpc) is 2.66. The first-order chi connectivity index (χ1) is 12.8. The Hall–Kier alpha value is -0.380. The Morgan fingerprint density at radius 1 is 0.724 bits per heavy atom. The highest BCUT2D eigenvalue weighted by atomic mass is 35.5. The van der Waals surface area contributed by atoms with E-state index < -0.39 is 0 Å². The summed E-state index contributed by atoms with van der Waals surface area (Å²) in [6.45, 7) is 5.29. The molecule has 1 rings (SSSR count). The van der Waals surface area contributed by atoms with Crippen molar-refractivity contribution in [2.45, 2.75) is 104 Å². The van der Waals surface area contributed by atoms with Crippen LogP contribution in [0, 0.1) is 5.92 Å². The molecule has 0 fully saturated rings. The maximum Gasteiger partial charge on any atom is 0.181 e. The Kier molecular flexibility index (Phi) is 27.4. The Labute approximate surface area is 197 Å². The summed E-state index contributed by atoms with van der Waals surface area (Å²) in [6, 6.07) is 3.10. The van der Waals surface area contributed by atoms with Gasteiger partial charge in [0.15, 0.2) is 5.43 Å². The first-order valence-corrected chi connectivity index (χ1v) is 11.1. The van der Waals surface area contributed by atoms with Gasteiger partial charge in [-0.2, -0.15) is 4.73 Å². The SMILES string of the molecule is CCCCCCCCC(CCCCCCCC)COn1ccc(=O)cc1.Cl.Cl.Cl. The van der Waals surface area contributed by atoms with Crippen LogP contribution in [0.3, 0.4) is 0 Å². The molecular formula is C23H44Cl3NO2. The lowest BCUT2D eigenvalue weighted by molar-refractivity contribution is 0.0716. The summed E-state index contributed by atoms with van der Waals surface area (Å²) in [5.74, 6) is 0.631. The molecule has 6 heteroatoms. The monoisotopic (exact) mass is 471 g/mol. The van der Waals surface area contributed by atoms with E-state index in [-0.39, 0.29) is 42.6 Å². The van der Waals surface area contributed by atoms with Crippen molar-refractivity contribution >= 4 is 37.2 Å². The van der Waals surface area contributed by atoms with Crippen molar-refractivity contribution in [1.29, 1.82) is 0 Å². The quantitative estimate of drug-likeness (QED) is 0.218. The molecule has 1 aromatic rings. The highest BCUT2D eigenvalue weighted by molar-refractivity contribution is 5.86. The Bertz CT molecular complexity index is 461. The van der Waals surface area contributed by atoms with E-state index in [2.05, 4.69) is 13.8 Å². The fourth-order valence-electron chi connectivity index (χ4n) is 3.41. The Morgan fingerprint density at radius 2 is 1.14 bits per heavy atom. The average molecular weight is 473 g/mol. The minimum Gasteiger partial charge on any atom is -0.414 e. The molecule has 0 atom stereocenters. The smallest absolute Gasteiger partial charge is 0.181 e. The molecule has 0 spiro atoms. The van der Waals surface area contributed by atoms with Gasteiger partial charge in [-0.05, 0) is 18.8 Å². The highest BCUT2D eigenvalue weighted by Crippen LogP contribution is 2.19. The van der Waals surface area contributed by atoms with Crippen molar-refractivity contribution < 1.29 is 4.84 Å². The molecule has 174 valence electrons. The first-order valence-electron chi connectivity index (χ1n) is 11.1. The first kappa shape index (κ1) is 33.3. The molecule has 1 heterocycles. The predicted octanol–water partition coefficient (Wildman–Crippen LogP) is 7.66. The molecule has 0 aromatic carbocycles. The van der Waals surface area contributed by atoms with Crippen LogP contribution in [0.4, 0.5) is 0 Å². The summed E-state index contributed by atoms with van der Waals surface area (Å²) in [5, 5.41) is 0. The third kappa shape index (κ3) is 19.3. The van der Waals surface area contributed by atoms with Gasteiger partial charge in [0.1, 0.15) is 6.61 Å². The molecule has 0 aliphatic carbocycles. The van der Waals surface area contributed by atoms with Gasteiger partial charge in [-0.15, -0.1) is 37.2 Å². The predicted molar refractivity (Wildman–Crippen MR) is 133 cm³/mol. The summed E-state index contributed by atoms with van der Waals surface area (Å²) in [4.78, 5) is 17.1. The van der Waals surface area contributed by atoms with Gasteiger partial charge in [0, 0.05) is 24.5 Å². The molecule has 1 aromatic heterocycles. The van der Waals surface area contributed by atoms with Crippen molar-refractivity contribution in [2.24, 2.45) is 5.92 Å². The zero-order chi connectivity index (χ0) is 18.9. The molecule has 0 aliphatic rings. The Balaban J connectivity index is -0.00000225. The maximum atomic E-state index is 11.2. The second kappa shape index (κ2) is 23.9. The molecule has 0 saturated carbocycles. The van der Waals surface area contributed by atoms with Crippen LogP contribution in [0.5, 0.6) is 0 Å². The molecule has 0 N–H and O–H groups in total. The lowest BCUT2D eigenvalue weighted by Gasteiger charge is -2.18. The van der Waals surface area contributed by atoms with E-state index in [4.69, 9.17) is 4.84 Å². The number of aromatic nitrogens is 1. The molecule has 0 aliphatic heterocycles.